The van der Waals surface area contributed by atoms with Crippen molar-refractivity contribution in [1.29, 1.82) is 0 Å². The van der Waals surface area contributed by atoms with Gasteiger partial charge in [0.1, 0.15) is 18.3 Å². The Morgan fingerprint density at radius 2 is 1.63 bits per heavy atom. The Labute approximate surface area is 250 Å². The third kappa shape index (κ3) is 8.56. The van der Waals surface area contributed by atoms with Crippen molar-refractivity contribution < 1.29 is 22.7 Å². The fourth-order valence-corrected chi connectivity index (χ4v) is 6.22. The predicted octanol–water partition coefficient (Wildman–Crippen LogP) is 4.92. The van der Waals surface area contributed by atoms with E-state index in [0.29, 0.717) is 11.4 Å². The smallest absolute Gasteiger partial charge is 0.244 e. The first-order valence-electron chi connectivity index (χ1n) is 13.6. The third-order valence-electron chi connectivity index (χ3n) is 7.25. The first kappa shape index (κ1) is 30.6. The molecule has 0 heterocycles. The average molecular weight is 643 g/mol. The zero-order valence-corrected chi connectivity index (χ0v) is 25.7. The van der Waals surface area contributed by atoms with E-state index in [0.717, 1.165) is 51.8 Å². The molecule has 1 atom stereocenters. The topological polar surface area (TPSA) is 96.0 Å². The van der Waals surface area contributed by atoms with Gasteiger partial charge in [0.2, 0.25) is 21.8 Å². The number of carbonyl (C=O) groups excluding carboxylic acids is 2. The van der Waals surface area contributed by atoms with Gasteiger partial charge in [0, 0.05) is 23.5 Å². The van der Waals surface area contributed by atoms with Gasteiger partial charge in [-0.2, -0.15) is 0 Å². The number of benzene rings is 3. The van der Waals surface area contributed by atoms with Crippen LogP contribution in [0.15, 0.2) is 83.3 Å². The molecular weight excluding hydrogens is 606 g/mol. The Morgan fingerprint density at radius 1 is 0.976 bits per heavy atom. The second-order valence-electron chi connectivity index (χ2n) is 10.3. The fraction of sp³-hybridized carbons (Fsp3) is 0.355. The largest absolute Gasteiger partial charge is 0.497 e. The molecule has 8 nitrogen and oxygen atoms in total. The van der Waals surface area contributed by atoms with E-state index >= 15 is 0 Å². The molecule has 0 saturated heterocycles. The SMILES string of the molecule is COc1cccc(CN(C(=O)CN(c2ccc(Br)cc2)S(C)(=O)=O)[C@@H](Cc2ccccc2)C(=O)NC2CCCC2)c1. The number of hydrogen-bond donors (Lipinski definition) is 1. The van der Waals surface area contributed by atoms with Gasteiger partial charge in [-0.1, -0.05) is 71.2 Å². The summed E-state index contributed by atoms with van der Waals surface area (Å²) >= 11 is 3.37. The number of halogens is 1. The molecule has 4 rings (SSSR count). The van der Waals surface area contributed by atoms with Crippen molar-refractivity contribution in [2.75, 3.05) is 24.2 Å². The van der Waals surface area contributed by atoms with Crippen LogP contribution in [-0.2, 0) is 32.6 Å². The Kier molecular flexibility index (Phi) is 10.4. The molecule has 0 unspecified atom stereocenters. The highest BCUT2D eigenvalue weighted by molar-refractivity contribution is 9.10. The number of nitrogens with zero attached hydrogens (tertiary/aromatic N) is 2. The number of sulfonamides is 1. The van der Waals surface area contributed by atoms with E-state index in [4.69, 9.17) is 4.74 Å². The zero-order valence-electron chi connectivity index (χ0n) is 23.3. The summed E-state index contributed by atoms with van der Waals surface area (Å²) in [5, 5.41) is 3.17. The van der Waals surface area contributed by atoms with Crippen molar-refractivity contribution in [1.82, 2.24) is 10.2 Å². The van der Waals surface area contributed by atoms with Gasteiger partial charge < -0.3 is 15.0 Å². The Bertz CT molecular complexity index is 1430. The van der Waals surface area contributed by atoms with E-state index in [-0.39, 0.29) is 24.9 Å². The number of methoxy groups -OCH3 is 1. The minimum absolute atomic E-state index is 0.0600. The molecule has 3 aromatic carbocycles. The average Bonchev–Trinajstić information content (AvgIpc) is 3.47. The standard InChI is InChI=1S/C31H36BrN3O5S/c1-40-28-14-8-11-24(19-28)21-34(30(36)22-35(41(2,38)39)27-17-15-25(32)16-18-27)29(20-23-9-4-3-5-10-23)31(37)33-26-12-6-7-13-26/h3-5,8-11,14-19,26,29H,6-7,12-13,20-22H2,1-2H3,(H,33,37)/t29-/m0/s1. The van der Waals surface area contributed by atoms with Crippen LogP contribution in [0.2, 0.25) is 0 Å². The Morgan fingerprint density at radius 3 is 2.27 bits per heavy atom. The molecule has 1 aliphatic rings. The Hall–Kier alpha value is -3.37. The normalized spacial score (nSPS) is 14.3. The van der Waals surface area contributed by atoms with Crippen LogP contribution in [0.1, 0.15) is 36.8 Å². The summed E-state index contributed by atoms with van der Waals surface area (Å²) in [6.07, 6.45) is 5.27. The van der Waals surface area contributed by atoms with Crippen LogP contribution in [0.5, 0.6) is 5.75 Å². The van der Waals surface area contributed by atoms with Crippen molar-refractivity contribution in [3.8, 4) is 5.75 Å². The minimum Gasteiger partial charge on any atom is -0.497 e. The lowest BCUT2D eigenvalue weighted by Gasteiger charge is -2.34. The fourth-order valence-electron chi connectivity index (χ4n) is 5.11. The molecule has 0 aliphatic heterocycles. The van der Waals surface area contributed by atoms with Crippen LogP contribution in [0, 0.1) is 0 Å². The van der Waals surface area contributed by atoms with Gasteiger partial charge in [-0.15, -0.1) is 0 Å². The first-order valence-corrected chi connectivity index (χ1v) is 16.3. The molecule has 1 N–H and O–H groups in total. The summed E-state index contributed by atoms with van der Waals surface area (Å²) in [6.45, 7) is -0.351. The van der Waals surface area contributed by atoms with Crippen LogP contribution in [0.3, 0.4) is 0 Å². The number of amides is 2. The summed E-state index contributed by atoms with van der Waals surface area (Å²) in [5.74, 6) is -0.104. The summed E-state index contributed by atoms with van der Waals surface area (Å²) in [5.41, 5.74) is 2.02. The lowest BCUT2D eigenvalue weighted by molar-refractivity contribution is -0.140. The zero-order chi connectivity index (χ0) is 29.4. The highest BCUT2D eigenvalue weighted by atomic mass is 79.9. The van der Waals surface area contributed by atoms with Crippen molar-refractivity contribution in [2.24, 2.45) is 0 Å². The van der Waals surface area contributed by atoms with E-state index < -0.39 is 28.5 Å². The maximum absolute atomic E-state index is 14.2. The molecule has 2 amide bonds. The van der Waals surface area contributed by atoms with Gasteiger partial charge in [-0.3, -0.25) is 13.9 Å². The molecule has 41 heavy (non-hydrogen) atoms. The van der Waals surface area contributed by atoms with Gasteiger partial charge >= 0.3 is 0 Å². The Balaban J connectivity index is 1.73. The summed E-state index contributed by atoms with van der Waals surface area (Å²) in [4.78, 5) is 29.6. The number of ether oxygens (including phenoxy) is 1. The van der Waals surface area contributed by atoms with Crippen molar-refractivity contribution in [2.45, 2.75) is 50.7 Å². The van der Waals surface area contributed by atoms with E-state index in [1.54, 1.807) is 31.4 Å². The molecule has 0 bridgehead atoms. The van der Waals surface area contributed by atoms with Crippen molar-refractivity contribution in [3.05, 3.63) is 94.5 Å². The van der Waals surface area contributed by atoms with E-state index in [2.05, 4.69) is 21.2 Å². The van der Waals surface area contributed by atoms with Crippen molar-refractivity contribution >= 4 is 43.5 Å². The van der Waals surface area contributed by atoms with Crippen LogP contribution in [-0.4, -0.2) is 57.1 Å². The highest BCUT2D eigenvalue weighted by Gasteiger charge is 2.34. The first-order chi connectivity index (χ1) is 19.6. The van der Waals surface area contributed by atoms with Gasteiger partial charge in [-0.05, 0) is 60.4 Å². The number of anilines is 1. The molecule has 0 radical (unpaired) electrons. The highest BCUT2D eigenvalue weighted by Crippen LogP contribution is 2.24. The number of hydrogen-bond acceptors (Lipinski definition) is 5. The summed E-state index contributed by atoms with van der Waals surface area (Å²) < 4.78 is 33.0. The minimum atomic E-state index is -3.82. The molecular formula is C31H36BrN3O5S. The second kappa shape index (κ2) is 14.0. The number of nitrogens with one attached hydrogen (secondary N) is 1. The van der Waals surface area contributed by atoms with Gasteiger partial charge in [-0.25, -0.2) is 8.42 Å². The molecule has 3 aromatic rings. The lowest BCUT2D eigenvalue weighted by atomic mass is 10.0. The third-order valence-corrected chi connectivity index (χ3v) is 8.92. The van der Waals surface area contributed by atoms with E-state index in [1.165, 1.54) is 4.90 Å². The molecule has 1 fully saturated rings. The van der Waals surface area contributed by atoms with Gasteiger partial charge in [0.05, 0.1) is 19.1 Å². The molecule has 0 aromatic heterocycles. The number of rotatable bonds is 12. The molecule has 1 aliphatic carbocycles. The molecule has 1 saturated carbocycles. The van der Waals surface area contributed by atoms with Gasteiger partial charge in [0.15, 0.2) is 0 Å². The van der Waals surface area contributed by atoms with Gasteiger partial charge in [0.25, 0.3) is 0 Å². The molecule has 0 spiro atoms. The summed E-state index contributed by atoms with van der Waals surface area (Å²) in [7, 11) is -2.25. The van der Waals surface area contributed by atoms with Crippen LogP contribution in [0.4, 0.5) is 5.69 Å². The maximum atomic E-state index is 14.2. The van der Waals surface area contributed by atoms with Crippen LogP contribution >= 0.6 is 15.9 Å². The van der Waals surface area contributed by atoms with E-state index in [1.807, 2.05) is 54.6 Å². The van der Waals surface area contributed by atoms with Crippen LogP contribution in [0.25, 0.3) is 0 Å². The van der Waals surface area contributed by atoms with E-state index in [9.17, 15) is 18.0 Å². The number of carbonyl (C=O) groups is 2. The molecule has 218 valence electrons. The second-order valence-corrected chi connectivity index (χ2v) is 13.1. The summed E-state index contributed by atoms with van der Waals surface area (Å²) in [6, 6.07) is 22.8. The van der Waals surface area contributed by atoms with Crippen LogP contribution < -0.4 is 14.4 Å². The maximum Gasteiger partial charge on any atom is 0.244 e. The predicted molar refractivity (Wildman–Crippen MR) is 164 cm³/mol. The quantitative estimate of drug-likeness (QED) is 0.303. The monoisotopic (exact) mass is 641 g/mol. The van der Waals surface area contributed by atoms with Crippen molar-refractivity contribution in [3.63, 3.8) is 0 Å². The molecule has 10 heteroatoms. The lowest BCUT2D eigenvalue weighted by Crippen LogP contribution is -2.54.